The van der Waals surface area contributed by atoms with Gasteiger partial charge in [0.1, 0.15) is 6.10 Å². The Morgan fingerprint density at radius 3 is 1.30 bits per heavy atom. The molecule has 0 aromatic rings. The van der Waals surface area contributed by atoms with Crippen molar-refractivity contribution in [2.45, 2.75) is 258 Å². The first kappa shape index (κ1) is 59.7. The maximum Gasteiger partial charge on any atom is 0.472 e. The molecule has 0 aromatic carbocycles. The van der Waals surface area contributed by atoms with Crippen molar-refractivity contribution in [1.29, 1.82) is 0 Å². The normalized spacial score (nSPS) is 13.6. The van der Waals surface area contributed by atoms with E-state index < -0.39 is 13.9 Å². The minimum absolute atomic E-state index is 0.0958. The molecule has 0 saturated heterocycles. The van der Waals surface area contributed by atoms with Crippen molar-refractivity contribution in [3.05, 3.63) is 36.5 Å². The van der Waals surface area contributed by atoms with E-state index >= 15 is 0 Å². The summed E-state index contributed by atoms with van der Waals surface area (Å²) in [5, 5.41) is 0. The molecule has 2 unspecified atom stereocenters. The smallest absolute Gasteiger partial charge is 0.457 e. The van der Waals surface area contributed by atoms with E-state index in [-0.39, 0.29) is 32.3 Å². The maximum atomic E-state index is 12.6. The number of phosphoric ester groups is 1. The number of allylic oxidation sites excluding steroid dienone is 6. The number of hydrogen-bond donors (Lipinski definition) is 2. The first-order chi connectivity index (χ1) is 29.9. The van der Waals surface area contributed by atoms with Gasteiger partial charge in [0.15, 0.2) is 0 Å². The number of nitrogens with two attached hydrogens (primary N) is 1. The first-order valence-electron chi connectivity index (χ1n) is 26.0. The van der Waals surface area contributed by atoms with Gasteiger partial charge in [-0.15, -0.1) is 0 Å². The summed E-state index contributed by atoms with van der Waals surface area (Å²) in [7, 11) is -4.28. The van der Waals surface area contributed by atoms with Crippen molar-refractivity contribution in [3.63, 3.8) is 0 Å². The lowest BCUT2D eigenvalue weighted by molar-refractivity contribution is -0.154. The van der Waals surface area contributed by atoms with Gasteiger partial charge in [-0.05, 0) is 70.6 Å². The Labute approximate surface area is 378 Å². The quantitative estimate of drug-likeness (QED) is 0.0268. The molecule has 0 aliphatic heterocycles. The van der Waals surface area contributed by atoms with Gasteiger partial charge in [-0.2, -0.15) is 0 Å². The van der Waals surface area contributed by atoms with Crippen molar-refractivity contribution in [2.75, 3.05) is 33.0 Å². The third-order valence-electron chi connectivity index (χ3n) is 11.3. The minimum atomic E-state index is -4.28. The van der Waals surface area contributed by atoms with E-state index in [2.05, 4.69) is 50.3 Å². The fraction of sp³-hybridized carbons (Fsp3) is 0.865. The third kappa shape index (κ3) is 49.6. The van der Waals surface area contributed by atoms with Crippen LogP contribution >= 0.6 is 7.82 Å². The van der Waals surface area contributed by atoms with Crippen molar-refractivity contribution in [2.24, 2.45) is 5.73 Å². The highest BCUT2D eigenvalue weighted by Gasteiger charge is 2.25. The summed E-state index contributed by atoms with van der Waals surface area (Å²) in [6, 6.07) is 0. The molecule has 0 heterocycles. The molecule has 61 heavy (non-hydrogen) atoms. The number of carbonyl (C=O) groups excluding carboxylic acids is 1. The first-order valence-corrected chi connectivity index (χ1v) is 27.5. The molecule has 0 saturated carbocycles. The number of carbonyl (C=O) groups is 1. The number of phosphoric acid groups is 1. The summed E-state index contributed by atoms with van der Waals surface area (Å²) in [4.78, 5) is 22.6. The highest BCUT2D eigenvalue weighted by atomic mass is 31.2. The molecule has 360 valence electrons. The van der Waals surface area contributed by atoms with E-state index in [9.17, 15) is 14.3 Å². The Balaban J connectivity index is 3.92. The fourth-order valence-electron chi connectivity index (χ4n) is 7.44. The van der Waals surface area contributed by atoms with Crippen LogP contribution in [-0.4, -0.2) is 49.9 Å². The van der Waals surface area contributed by atoms with Gasteiger partial charge in [0, 0.05) is 19.6 Å². The second-order valence-corrected chi connectivity index (χ2v) is 18.8. The van der Waals surface area contributed by atoms with Gasteiger partial charge >= 0.3 is 13.8 Å². The van der Waals surface area contributed by atoms with Crippen LogP contribution in [0.1, 0.15) is 251 Å². The van der Waals surface area contributed by atoms with Crippen molar-refractivity contribution in [3.8, 4) is 0 Å². The van der Waals surface area contributed by atoms with Crippen LogP contribution in [0.3, 0.4) is 0 Å². The van der Waals surface area contributed by atoms with Crippen molar-refractivity contribution < 1.29 is 32.8 Å². The second kappa shape index (κ2) is 49.7. The van der Waals surface area contributed by atoms with Crippen LogP contribution in [0, 0.1) is 0 Å². The molecule has 0 radical (unpaired) electrons. The molecule has 0 aromatic heterocycles. The molecule has 2 atom stereocenters. The fourth-order valence-corrected chi connectivity index (χ4v) is 8.20. The van der Waals surface area contributed by atoms with Gasteiger partial charge in [-0.25, -0.2) is 4.57 Å². The van der Waals surface area contributed by atoms with E-state index in [1.54, 1.807) is 0 Å². The molecule has 3 N–H and O–H groups in total. The molecule has 0 rings (SSSR count). The lowest BCUT2D eigenvalue weighted by Gasteiger charge is -2.20. The number of hydrogen-bond acceptors (Lipinski definition) is 7. The summed E-state index contributed by atoms with van der Waals surface area (Å²) in [6.45, 7) is 4.94. The highest BCUT2D eigenvalue weighted by Crippen LogP contribution is 2.43. The zero-order chi connectivity index (χ0) is 44.4. The van der Waals surface area contributed by atoms with Crippen LogP contribution in [0.5, 0.6) is 0 Å². The topological polar surface area (TPSA) is 117 Å². The Bertz CT molecular complexity index is 1040. The molecule has 0 amide bonds. The molecular formula is C52H100NO7P. The van der Waals surface area contributed by atoms with Gasteiger partial charge in [-0.3, -0.25) is 13.8 Å². The lowest BCUT2D eigenvalue weighted by atomic mass is 10.0. The molecule has 0 fully saturated rings. The van der Waals surface area contributed by atoms with Gasteiger partial charge in [-0.1, -0.05) is 211 Å². The van der Waals surface area contributed by atoms with Crippen LogP contribution in [-0.2, 0) is 27.9 Å². The van der Waals surface area contributed by atoms with Crippen LogP contribution in [0.2, 0.25) is 0 Å². The Hall–Kier alpha value is -1.28. The number of ether oxygens (including phenoxy) is 2. The van der Waals surface area contributed by atoms with Gasteiger partial charge in [0.2, 0.25) is 0 Å². The average Bonchev–Trinajstić information content (AvgIpc) is 3.25. The summed E-state index contributed by atoms with van der Waals surface area (Å²) in [5.41, 5.74) is 5.39. The monoisotopic (exact) mass is 882 g/mol. The zero-order valence-corrected chi connectivity index (χ0v) is 41.1. The van der Waals surface area contributed by atoms with E-state index in [1.807, 2.05) is 0 Å². The van der Waals surface area contributed by atoms with E-state index in [4.69, 9.17) is 24.3 Å². The zero-order valence-electron chi connectivity index (χ0n) is 40.2. The predicted octanol–water partition coefficient (Wildman–Crippen LogP) is 16.1. The molecule has 0 aliphatic carbocycles. The van der Waals surface area contributed by atoms with Crippen molar-refractivity contribution >= 4 is 13.8 Å². The van der Waals surface area contributed by atoms with Gasteiger partial charge < -0.3 is 20.1 Å². The van der Waals surface area contributed by atoms with Crippen LogP contribution in [0.15, 0.2) is 36.5 Å². The van der Waals surface area contributed by atoms with E-state index in [1.165, 1.54) is 193 Å². The summed E-state index contributed by atoms with van der Waals surface area (Å²) in [6.07, 6.45) is 58.9. The molecule has 0 bridgehead atoms. The standard InChI is InChI=1S/C52H100NO7P/c1-3-5-7-9-11-13-15-17-19-21-23-24-25-26-27-28-30-32-34-36-38-40-42-44-47-57-49-51(50-59-61(55,56)58-48-46-53)60-52(54)45-43-41-39-37-35-33-31-29-22-20-18-16-14-12-10-8-6-4-2/h15,17,20-23,51H,3-14,16,18-19,24-50,53H2,1-2H3,(H,55,56)/b17-15-,22-20-,23-21-. The van der Waals surface area contributed by atoms with Crippen LogP contribution in [0.4, 0.5) is 0 Å². The largest absolute Gasteiger partial charge is 0.472 e. The SMILES string of the molecule is CCCCCCC/C=C\C/C=C\CCCCCCCCCCCCCCOCC(COP(=O)(O)OCCN)OC(=O)CCCCCCCCC/C=C\CCCCCCCCC. The van der Waals surface area contributed by atoms with Crippen molar-refractivity contribution in [1.82, 2.24) is 0 Å². The summed E-state index contributed by atoms with van der Waals surface area (Å²) >= 11 is 0. The Morgan fingerprint density at radius 1 is 0.492 bits per heavy atom. The second-order valence-electron chi connectivity index (χ2n) is 17.4. The Kier molecular flexibility index (Phi) is 48.7. The highest BCUT2D eigenvalue weighted by molar-refractivity contribution is 7.47. The predicted molar refractivity (Wildman–Crippen MR) is 261 cm³/mol. The summed E-state index contributed by atoms with van der Waals surface area (Å²) in [5.74, 6) is -0.332. The molecular weight excluding hydrogens is 782 g/mol. The van der Waals surface area contributed by atoms with Gasteiger partial charge in [0.25, 0.3) is 0 Å². The van der Waals surface area contributed by atoms with E-state index in [0.717, 1.165) is 38.5 Å². The lowest BCUT2D eigenvalue weighted by Crippen LogP contribution is -2.28. The third-order valence-corrected chi connectivity index (χ3v) is 12.3. The summed E-state index contributed by atoms with van der Waals surface area (Å²) < 4.78 is 33.6. The maximum absolute atomic E-state index is 12.6. The number of unbranched alkanes of at least 4 members (excludes halogenated alkanes) is 31. The molecule has 0 aliphatic rings. The van der Waals surface area contributed by atoms with Gasteiger partial charge in [0.05, 0.1) is 19.8 Å². The van der Waals surface area contributed by atoms with Crippen LogP contribution < -0.4 is 5.73 Å². The minimum Gasteiger partial charge on any atom is -0.457 e. The average molecular weight is 882 g/mol. The Morgan fingerprint density at radius 2 is 0.869 bits per heavy atom. The van der Waals surface area contributed by atoms with E-state index in [0.29, 0.717) is 13.0 Å². The molecule has 0 spiro atoms. The number of rotatable bonds is 50. The van der Waals surface area contributed by atoms with Crippen LogP contribution in [0.25, 0.3) is 0 Å². The number of esters is 1. The molecule has 9 heteroatoms. The molecule has 8 nitrogen and oxygen atoms in total.